The molecule has 1 aromatic carbocycles. The molecule has 0 aliphatic carbocycles. The Morgan fingerprint density at radius 2 is 2.35 bits per heavy atom. The van der Waals surface area contributed by atoms with Crippen molar-refractivity contribution < 1.29 is 9.53 Å². The molecule has 2 atom stereocenters. The first kappa shape index (κ1) is 14.7. The van der Waals surface area contributed by atoms with Crippen LogP contribution in [0.4, 0.5) is 5.69 Å². The fraction of sp³-hybridized carbons (Fsp3) is 0.533. The predicted octanol–water partition coefficient (Wildman–Crippen LogP) is 1.13. The number of carbonyl (C=O) groups is 1. The van der Waals surface area contributed by atoms with Crippen LogP contribution in [0.2, 0.25) is 0 Å². The summed E-state index contributed by atoms with van der Waals surface area (Å²) in [4.78, 5) is 14.0. The van der Waals surface area contributed by atoms with Crippen LogP contribution in [0.15, 0.2) is 24.3 Å². The molecule has 1 aliphatic rings. The lowest BCUT2D eigenvalue weighted by molar-refractivity contribution is -0.122. The highest BCUT2D eigenvalue weighted by Gasteiger charge is 2.22. The number of carbonyl (C=O) groups excluding carboxylic acids is 1. The zero-order chi connectivity index (χ0) is 14.5. The molecular formula is C15H23N3O2. The van der Waals surface area contributed by atoms with Crippen molar-refractivity contribution in [2.75, 3.05) is 25.1 Å². The zero-order valence-corrected chi connectivity index (χ0v) is 12.1. The second-order valence-corrected chi connectivity index (χ2v) is 5.28. The first-order chi connectivity index (χ1) is 9.60. The number of hydrogen-bond donors (Lipinski definition) is 2. The quantitative estimate of drug-likeness (QED) is 0.865. The Kier molecular flexibility index (Phi) is 4.84. The maximum Gasteiger partial charge on any atom is 0.236 e. The van der Waals surface area contributed by atoms with E-state index in [0.29, 0.717) is 0 Å². The average molecular weight is 277 g/mol. The summed E-state index contributed by atoms with van der Waals surface area (Å²) in [6, 6.07) is 7.71. The van der Waals surface area contributed by atoms with Crippen LogP contribution in [0.1, 0.15) is 19.8 Å². The van der Waals surface area contributed by atoms with E-state index < -0.39 is 6.04 Å². The largest absolute Gasteiger partial charge is 0.497 e. The summed E-state index contributed by atoms with van der Waals surface area (Å²) in [6.07, 6.45) is 2.06. The van der Waals surface area contributed by atoms with Crippen molar-refractivity contribution >= 4 is 11.6 Å². The minimum Gasteiger partial charge on any atom is -0.497 e. The van der Waals surface area contributed by atoms with E-state index in [9.17, 15) is 4.79 Å². The fourth-order valence-corrected chi connectivity index (χ4v) is 2.47. The number of rotatable bonds is 4. The van der Waals surface area contributed by atoms with Gasteiger partial charge in [0.05, 0.1) is 13.2 Å². The molecule has 0 aromatic heterocycles. The van der Waals surface area contributed by atoms with Crippen LogP contribution in [-0.4, -0.2) is 38.2 Å². The Morgan fingerprint density at radius 1 is 1.55 bits per heavy atom. The molecule has 110 valence electrons. The third-order valence-corrected chi connectivity index (χ3v) is 3.60. The summed E-state index contributed by atoms with van der Waals surface area (Å²) in [6.45, 7) is 3.52. The molecule has 5 heteroatoms. The van der Waals surface area contributed by atoms with E-state index in [1.165, 1.54) is 0 Å². The van der Waals surface area contributed by atoms with Gasteiger partial charge in [0, 0.05) is 30.9 Å². The molecule has 1 fully saturated rings. The van der Waals surface area contributed by atoms with Crippen LogP contribution in [0.5, 0.6) is 5.75 Å². The molecule has 1 aliphatic heterocycles. The van der Waals surface area contributed by atoms with Crippen molar-refractivity contribution in [1.29, 1.82) is 0 Å². The highest BCUT2D eigenvalue weighted by molar-refractivity contribution is 5.81. The van der Waals surface area contributed by atoms with E-state index in [2.05, 4.69) is 16.3 Å². The SMILES string of the molecule is COc1cccc(N2CCCC(NC(=O)[C@@H](C)N)C2)c1. The number of benzene rings is 1. The normalized spacial score (nSPS) is 20.4. The standard InChI is InChI=1S/C15H23N3O2/c1-11(16)15(19)17-12-5-4-8-18(10-12)13-6-3-7-14(9-13)20-2/h3,6-7,9,11-12H,4-5,8,10,16H2,1-2H3,(H,17,19)/t11-,12?/m1/s1. The molecular weight excluding hydrogens is 254 g/mol. The average Bonchev–Trinajstić information content (AvgIpc) is 2.47. The molecule has 1 unspecified atom stereocenters. The molecule has 2 rings (SSSR count). The van der Waals surface area contributed by atoms with E-state index >= 15 is 0 Å². The molecule has 0 saturated carbocycles. The van der Waals surface area contributed by atoms with Crippen LogP contribution in [0.3, 0.4) is 0 Å². The maximum absolute atomic E-state index is 11.7. The molecule has 0 spiro atoms. The second-order valence-electron chi connectivity index (χ2n) is 5.28. The first-order valence-electron chi connectivity index (χ1n) is 7.05. The number of anilines is 1. The van der Waals surface area contributed by atoms with Crippen molar-refractivity contribution in [2.45, 2.75) is 31.8 Å². The Morgan fingerprint density at radius 3 is 3.05 bits per heavy atom. The van der Waals surface area contributed by atoms with Crippen molar-refractivity contribution in [1.82, 2.24) is 5.32 Å². The molecule has 20 heavy (non-hydrogen) atoms. The van der Waals surface area contributed by atoms with Gasteiger partial charge in [0.1, 0.15) is 5.75 Å². The smallest absolute Gasteiger partial charge is 0.236 e. The van der Waals surface area contributed by atoms with Gasteiger partial charge >= 0.3 is 0 Å². The monoisotopic (exact) mass is 277 g/mol. The zero-order valence-electron chi connectivity index (χ0n) is 12.1. The van der Waals surface area contributed by atoms with Crippen LogP contribution in [0.25, 0.3) is 0 Å². The van der Waals surface area contributed by atoms with Gasteiger partial charge in [0.2, 0.25) is 5.91 Å². The first-order valence-corrected chi connectivity index (χ1v) is 7.05. The third-order valence-electron chi connectivity index (χ3n) is 3.60. The molecule has 1 amide bonds. The number of methoxy groups -OCH3 is 1. The van der Waals surface area contributed by atoms with Gasteiger partial charge in [0.15, 0.2) is 0 Å². The van der Waals surface area contributed by atoms with E-state index in [1.54, 1.807) is 14.0 Å². The maximum atomic E-state index is 11.7. The van der Waals surface area contributed by atoms with Crippen LogP contribution >= 0.6 is 0 Å². The minimum absolute atomic E-state index is 0.0810. The number of ether oxygens (including phenoxy) is 1. The molecule has 3 N–H and O–H groups in total. The van der Waals surface area contributed by atoms with Gasteiger partial charge in [-0.1, -0.05) is 6.07 Å². The van der Waals surface area contributed by atoms with Gasteiger partial charge in [0.25, 0.3) is 0 Å². The second kappa shape index (κ2) is 6.61. The van der Waals surface area contributed by atoms with Crippen molar-refractivity contribution in [3.8, 4) is 5.75 Å². The highest BCUT2D eigenvalue weighted by Crippen LogP contribution is 2.24. The predicted molar refractivity (Wildman–Crippen MR) is 80.0 cm³/mol. The van der Waals surface area contributed by atoms with E-state index in [0.717, 1.165) is 37.4 Å². The highest BCUT2D eigenvalue weighted by atomic mass is 16.5. The number of amides is 1. The molecule has 5 nitrogen and oxygen atoms in total. The molecule has 1 heterocycles. The van der Waals surface area contributed by atoms with E-state index in [1.807, 2.05) is 18.2 Å². The number of hydrogen-bond acceptors (Lipinski definition) is 4. The summed E-state index contributed by atoms with van der Waals surface area (Å²) in [7, 11) is 1.67. The number of nitrogens with two attached hydrogens (primary N) is 1. The number of piperidine rings is 1. The Hall–Kier alpha value is -1.75. The lowest BCUT2D eigenvalue weighted by Crippen LogP contribution is -2.51. The summed E-state index contributed by atoms with van der Waals surface area (Å²) in [5.41, 5.74) is 6.72. The Balaban J connectivity index is 2.00. The lowest BCUT2D eigenvalue weighted by Gasteiger charge is -2.35. The van der Waals surface area contributed by atoms with Crippen molar-refractivity contribution in [2.24, 2.45) is 5.73 Å². The Bertz CT molecular complexity index is 462. The van der Waals surface area contributed by atoms with Gasteiger partial charge in [-0.3, -0.25) is 4.79 Å². The molecule has 1 aromatic rings. The summed E-state index contributed by atoms with van der Waals surface area (Å²) < 4.78 is 5.26. The summed E-state index contributed by atoms with van der Waals surface area (Å²) in [5, 5.41) is 3.01. The number of nitrogens with zero attached hydrogens (tertiary/aromatic N) is 1. The van der Waals surface area contributed by atoms with Crippen LogP contribution in [-0.2, 0) is 4.79 Å². The summed E-state index contributed by atoms with van der Waals surface area (Å²) in [5.74, 6) is 0.770. The van der Waals surface area contributed by atoms with Gasteiger partial charge in [-0.05, 0) is 31.9 Å². The summed E-state index contributed by atoms with van der Waals surface area (Å²) >= 11 is 0. The van der Waals surface area contributed by atoms with E-state index in [4.69, 9.17) is 10.5 Å². The van der Waals surface area contributed by atoms with Gasteiger partial charge in [-0.25, -0.2) is 0 Å². The van der Waals surface area contributed by atoms with Gasteiger partial charge in [-0.2, -0.15) is 0 Å². The Labute approximate surface area is 120 Å². The van der Waals surface area contributed by atoms with Gasteiger partial charge < -0.3 is 20.7 Å². The van der Waals surface area contributed by atoms with Crippen molar-refractivity contribution in [3.63, 3.8) is 0 Å². The van der Waals surface area contributed by atoms with Crippen molar-refractivity contribution in [3.05, 3.63) is 24.3 Å². The van der Waals surface area contributed by atoms with E-state index in [-0.39, 0.29) is 11.9 Å². The fourth-order valence-electron chi connectivity index (χ4n) is 2.47. The lowest BCUT2D eigenvalue weighted by atomic mass is 10.0. The van der Waals surface area contributed by atoms with Crippen LogP contribution < -0.4 is 20.7 Å². The third kappa shape index (κ3) is 3.63. The molecule has 1 saturated heterocycles. The van der Waals surface area contributed by atoms with Crippen LogP contribution in [0, 0.1) is 0 Å². The molecule has 0 bridgehead atoms. The minimum atomic E-state index is -0.456. The number of nitrogens with one attached hydrogen (secondary N) is 1. The van der Waals surface area contributed by atoms with Gasteiger partial charge in [-0.15, -0.1) is 0 Å². The molecule has 0 radical (unpaired) electrons. The topological polar surface area (TPSA) is 67.6 Å².